The van der Waals surface area contributed by atoms with Crippen molar-refractivity contribution >= 4 is 29.2 Å². The van der Waals surface area contributed by atoms with Gasteiger partial charge >= 0.3 is 0 Å². The number of hydrogen-bond donors (Lipinski definition) is 5. The van der Waals surface area contributed by atoms with Gasteiger partial charge in [0.25, 0.3) is 5.91 Å². The number of hydrogen-bond acceptors (Lipinski definition) is 5. The van der Waals surface area contributed by atoms with E-state index in [2.05, 4.69) is 32.7 Å². The minimum absolute atomic E-state index is 0.177. The van der Waals surface area contributed by atoms with E-state index in [0.717, 1.165) is 32.2 Å². The van der Waals surface area contributed by atoms with Crippen molar-refractivity contribution in [2.75, 3.05) is 18.4 Å². The van der Waals surface area contributed by atoms with E-state index in [1.807, 2.05) is 0 Å². The summed E-state index contributed by atoms with van der Waals surface area (Å²) in [7, 11) is 0. The van der Waals surface area contributed by atoms with Gasteiger partial charge in [0.1, 0.15) is 11.5 Å². The predicted molar refractivity (Wildman–Crippen MR) is 86.6 cm³/mol. The normalized spacial score (nSPS) is 11.5. The molecule has 0 aromatic carbocycles. The zero-order valence-electron chi connectivity index (χ0n) is 12.7. The third-order valence-electron chi connectivity index (χ3n) is 3.00. The van der Waals surface area contributed by atoms with Gasteiger partial charge < -0.3 is 26.6 Å². The maximum absolute atomic E-state index is 12.1. The van der Waals surface area contributed by atoms with E-state index >= 15 is 0 Å². The molecule has 0 saturated heterocycles. The number of amidine groups is 1. The van der Waals surface area contributed by atoms with Crippen LogP contribution in [-0.2, 0) is 0 Å². The Labute approximate surface area is 134 Å². The first-order valence-electron chi connectivity index (χ1n) is 7.32. The number of nitrogens with two attached hydrogens (primary N) is 1. The summed E-state index contributed by atoms with van der Waals surface area (Å²) in [6, 6.07) is 0. The van der Waals surface area contributed by atoms with Gasteiger partial charge in [0.05, 0.1) is 0 Å². The SMILES string of the molecule is CCCCNc1nc(Cl)[nH]c1C(=O)NCCCC/C(N)=N/O. The lowest BCUT2D eigenvalue weighted by atomic mass is 10.2. The molecule has 124 valence electrons. The number of halogens is 1. The summed E-state index contributed by atoms with van der Waals surface area (Å²) < 4.78 is 0. The second-order valence-electron chi connectivity index (χ2n) is 4.84. The molecule has 8 nitrogen and oxygen atoms in total. The van der Waals surface area contributed by atoms with Crippen molar-refractivity contribution in [3.8, 4) is 0 Å². The first-order valence-corrected chi connectivity index (χ1v) is 7.70. The van der Waals surface area contributed by atoms with Crippen LogP contribution < -0.4 is 16.4 Å². The Morgan fingerprint density at radius 1 is 1.41 bits per heavy atom. The zero-order valence-corrected chi connectivity index (χ0v) is 13.4. The van der Waals surface area contributed by atoms with Crippen LogP contribution in [0.1, 0.15) is 49.5 Å². The number of unbranched alkanes of at least 4 members (excludes halogenated alkanes) is 2. The summed E-state index contributed by atoms with van der Waals surface area (Å²) in [5.41, 5.74) is 5.69. The monoisotopic (exact) mass is 330 g/mol. The van der Waals surface area contributed by atoms with Crippen molar-refractivity contribution in [2.45, 2.75) is 39.0 Å². The number of anilines is 1. The van der Waals surface area contributed by atoms with Gasteiger partial charge in [0.2, 0.25) is 5.28 Å². The average Bonchev–Trinajstić information content (AvgIpc) is 2.87. The standard InChI is InChI=1S/C13H23ClN6O2/c1-2-3-7-16-11-10(18-13(14)19-11)12(21)17-8-5-4-6-9(15)20-22/h16,22H,2-8H2,1H3,(H2,15,20)(H,17,21)(H,18,19). The van der Waals surface area contributed by atoms with Gasteiger partial charge in [0, 0.05) is 19.5 Å². The Morgan fingerprint density at radius 2 is 2.18 bits per heavy atom. The molecule has 1 heterocycles. The highest BCUT2D eigenvalue weighted by Crippen LogP contribution is 2.15. The lowest BCUT2D eigenvalue weighted by Gasteiger charge is -2.06. The third-order valence-corrected chi connectivity index (χ3v) is 3.18. The quantitative estimate of drug-likeness (QED) is 0.147. The van der Waals surface area contributed by atoms with E-state index in [0.29, 0.717) is 24.5 Å². The second kappa shape index (κ2) is 9.88. The van der Waals surface area contributed by atoms with E-state index in [9.17, 15) is 4.79 Å². The molecular formula is C13H23ClN6O2. The molecule has 9 heteroatoms. The second-order valence-corrected chi connectivity index (χ2v) is 5.19. The number of aromatic amines is 1. The number of nitrogens with one attached hydrogen (secondary N) is 3. The molecule has 0 radical (unpaired) electrons. The van der Waals surface area contributed by atoms with E-state index < -0.39 is 0 Å². The molecule has 0 aliphatic carbocycles. The average molecular weight is 331 g/mol. The van der Waals surface area contributed by atoms with Crippen LogP contribution in [0.25, 0.3) is 0 Å². The Kier molecular flexibility index (Phi) is 8.13. The van der Waals surface area contributed by atoms with Gasteiger partial charge in [-0.05, 0) is 30.9 Å². The lowest BCUT2D eigenvalue weighted by molar-refractivity contribution is 0.0949. The fourth-order valence-electron chi connectivity index (χ4n) is 1.79. The molecule has 0 unspecified atom stereocenters. The highest BCUT2D eigenvalue weighted by molar-refractivity contribution is 6.28. The molecule has 0 spiro atoms. The number of aromatic nitrogens is 2. The minimum atomic E-state index is -0.262. The topological polar surface area (TPSA) is 128 Å². The van der Waals surface area contributed by atoms with Gasteiger partial charge in [-0.3, -0.25) is 4.79 Å². The lowest BCUT2D eigenvalue weighted by Crippen LogP contribution is -2.26. The molecule has 0 aliphatic rings. The number of carbonyl (C=O) groups is 1. The fraction of sp³-hybridized carbons (Fsp3) is 0.615. The molecule has 1 rings (SSSR count). The fourth-order valence-corrected chi connectivity index (χ4v) is 1.97. The van der Waals surface area contributed by atoms with Crippen molar-refractivity contribution in [1.82, 2.24) is 15.3 Å². The highest BCUT2D eigenvalue weighted by atomic mass is 35.5. The number of oxime groups is 1. The number of rotatable bonds is 10. The molecule has 0 atom stereocenters. The van der Waals surface area contributed by atoms with Crippen molar-refractivity contribution in [1.29, 1.82) is 0 Å². The molecule has 0 bridgehead atoms. The molecule has 1 aromatic rings. The van der Waals surface area contributed by atoms with E-state index in [1.165, 1.54) is 0 Å². The summed E-state index contributed by atoms with van der Waals surface area (Å²) in [4.78, 5) is 18.9. The van der Waals surface area contributed by atoms with Crippen LogP contribution in [-0.4, -0.2) is 40.0 Å². The van der Waals surface area contributed by atoms with Crippen LogP contribution in [0.15, 0.2) is 5.16 Å². The van der Waals surface area contributed by atoms with Gasteiger partial charge in [0.15, 0.2) is 5.82 Å². The Balaban J connectivity index is 2.41. The smallest absolute Gasteiger partial charge is 0.271 e. The number of H-pyrrole nitrogens is 1. The number of nitrogens with zero attached hydrogens (tertiary/aromatic N) is 2. The number of carbonyl (C=O) groups excluding carboxylic acids is 1. The summed E-state index contributed by atoms with van der Waals surface area (Å²) in [5.74, 6) is 0.392. The Morgan fingerprint density at radius 3 is 2.86 bits per heavy atom. The van der Waals surface area contributed by atoms with Gasteiger partial charge in [-0.15, -0.1) is 0 Å². The molecule has 1 aromatic heterocycles. The van der Waals surface area contributed by atoms with Crippen molar-refractivity contribution in [2.24, 2.45) is 10.9 Å². The van der Waals surface area contributed by atoms with E-state index in [-0.39, 0.29) is 17.0 Å². The summed E-state index contributed by atoms with van der Waals surface area (Å²) in [5, 5.41) is 17.4. The van der Waals surface area contributed by atoms with Crippen molar-refractivity contribution in [3.05, 3.63) is 11.0 Å². The zero-order chi connectivity index (χ0) is 16.4. The predicted octanol–water partition coefficient (Wildman–Crippen LogP) is 1.92. The first-order chi connectivity index (χ1) is 10.6. The van der Waals surface area contributed by atoms with Crippen molar-refractivity contribution in [3.63, 3.8) is 0 Å². The van der Waals surface area contributed by atoms with Crippen LogP contribution in [0.3, 0.4) is 0 Å². The van der Waals surface area contributed by atoms with Gasteiger partial charge in [-0.2, -0.15) is 0 Å². The Hall–Kier alpha value is -1.96. The molecule has 22 heavy (non-hydrogen) atoms. The maximum Gasteiger partial charge on any atom is 0.271 e. The van der Waals surface area contributed by atoms with Crippen LogP contribution in [0, 0.1) is 0 Å². The summed E-state index contributed by atoms with van der Waals surface area (Å²) in [6.07, 6.45) is 3.97. The summed E-state index contributed by atoms with van der Waals surface area (Å²) >= 11 is 5.82. The number of amides is 1. The summed E-state index contributed by atoms with van der Waals surface area (Å²) in [6.45, 7) is 3.31. The van der Waals surface area contributed by atoms with Crippen molar-refractivity contribution < 1.29 is 10.0 Å². The Bertz CT molecular complexity index is 503. The van der Waals surface area contributed by atoms with Gasteiger partial charge in [-0.1, -0.05) is 18.5 Å². The van der Waals surface area contributed by atoms with Crippen LogP contribution in [0.2, 0.25) is 5.28 Å². The molecule has 0 fully saturated rings. The minimum Gasteiger partial charge on any atom is -0.409 e. The van der Waals surface area contributed by atoms with Crippen LogP contribution >= 0.6 is 11.6 Å². The largest absolute Gasteiger partial charge is 0.409 e. The maximum atomic E-state index is 12.1. The first kappa shape index (κ1) is 18.1. The van der Waals surface area contributed by atoms with Gasteiger partial charge in [-0.25, -0.2) is 4.98 Å². The molecule has 1 amide bonds. The van der Waals surface area contributed by atoms with E-state index in [1.54, 1.807) is 0 Å². The molecule has 0 aliphatic heterocycles. The molecular weight excluding hydrogens is 308 g/mol. The van der Waals surface area contributed by atoms with Crippen LogP contribution in [0.4, 0.5) is 5.82 Å². The van der Waals surface area contributed by atoms with Crippen LogP contribution in [0.5, 0.6) is 0 Å². The highest BCUT2D eigenvalue weighted by Gasteiger charge is 2.16. The third kappa shape index (κ3) is 6.21. The van der Waals surface area contributed by atoms with E-state index in [4.69, 9.17) is 22.5 Å². The number of imidazole rings is 1. The molecule has 0 saturated carbocycles. The molecule has 6 N–H and O–H groups in total.